The number of rotatable bonds is 7. The van der Waals surface area contributed by atoms with Crippen LogP contribution in [0, 0.1) is 0 Å². The van der Waals surface area contributed by atoms with Crippen LogP contribution in [-0.2, 0) is 0 Å². The van der Waals surface area contributed by atoms with Crippen LogP contribution in [0.25, 0.3) is 0 Å². The quantitative estimate of drug-likeness (QED) is 0.723. The number of nitrogens with zero attached hydrogens (tertiary/aromatic N) is 2. The van der Waals surface area contributed by atoms with E-state index in [-0.39, 0.29) is 12.8 Å². The fraction of sp³-hybridized carbons (Fsp3) is 0.562. The summed E-state index contributed by atoms with van der Waals surface area (Å²) in [6, 6.07) is 7.24. The Kier molecular flexibility index (Phi) is 6.96. The van der Waals surface area contributed by atoms with Gasteiger partial charge in [-0.15, -0.1) is 0 Å². The second kappa shape index (κ2) is 9.22. The Bertz CT molecular complexity index is 473. The van der Waals surface area contributed by atoms with Crippen LogP contribution in [0.5, 0.6) is 11.5 Å². The van der Waals surface area contributed by atoms with E-state index in [1.807, 2.05) is 31.2 Å². The summed E-state index contributed by atoms with van der Waals surface area (Å²) in [5.41, 5.74) is 5.54. The Labute approximate surface area is 137 Å². The van der Waals surface area contributed by atoms with Gasteiger partial charge < -0.3 is 25.4 Å². The van der Waals surface area contributed by atoms with Gasteiger partial charge in [0.1, 0.15) is 11.5 Å². The molecule has 1 saturated heterocycles. The van der Waals surface area contributed by atoms with Crippen molar-refractivity contribution in [1.29, 1.82) is 0 Å². The van der Waals surface area contributed by atoms with Gasteiger partial charge in [0.25, 0.3) is 0 Å². The number of urea groups is 1. The standard InChI is InChI=1S/C16H26N4O3/c1-2-22-14-3-5-15(6-4-14)23-13-18-16(21)20-11-9-19(8-7-17)10-12-20/h3-6H,2,7-13,17H2,1H3,(H,18,21). The first-order valence-corrected chi connectivity index (χ1v) is 8.03. The molecule has 0 saturated carbocycles. The molecule has 3 N–H and O–H groups in total. The van der Waals surface area contributed by atoms with Crippen LogP contribution in [0.4, 0.5) is 4.79 Å². The van der Waals surface area contributed by atoms with E-state index >= 15 is 0 Å². The van der Waals surface area contributed by atoms with Crippen molar-refractivity contribution in [3.63, 3.8) is 0 Å². The summed E-state index contributed by atoms with van der Waals surface area (Å²) >= 11 is 0. The summed E-state index contributed by atoms with van der Waals surface area (Å²) in [5, 5.41) is 2.78. The molecular weight excluding hydrogens is 296 g/mol. The van der Waals surface area contributed by atoms with Gasteiger partial charge in [0.05, 0.1) is 6.61 Å². The van der Waals surface area contributed by atoms with Crippen LogP contribution >= 0.6 is 0 Å². The van der Waals surface area contributed by atoms with Crippen molar-refractivity contribution in [2.45, 2.75) is 6.92 Å². The Morgan fingerprint density at radius 3 is 2.30 bits per heavy atom. The number of nitrogens with one attached hydrogen (secondary N) is 1. The Balaban J connectivity index is 1.66. The van der Waals surface area contributed by atoms with E-state index in [4.69, 9.17) is 15.2 Å². The number of carbonyl (C=O) groups excluding carboxylic acids is 1. The molecular formula is C16H26N4O3. The molecule has 1 aromatic rings. The molecule has 0 bridgehead atoms. The third-order valence-corrected chi connectivity index (χ3v) is 3.70. The molecule has 1 aliphatic rings. The SMILES string of the molecule is CCOc1ccc(OCNC(=O)N2CCN(CCN)CC2)cc1. The number of piperazine rings is 1. The van der Waals surface area contributed by atoms with E-state index in [1.54, 1.807) is 4.90 Å². The average Bonchev–Trinajstić information content (AvgIpc) is 2.57. The van der Waals surface area contributed by atoms with E-state index in [0.717, 1.165) is 38.5 Å². The summed E-state index contributed by atoms with van der Waals surface area (Å²) in [6.45, 7) is 7.43. The summed E-state index contributed by atoms with van der Waals surface area (Å²) in [4.78, 5) is 16.1. The third kappa shape index (κ3) is 5.61. The average molecular weight is 322 g/mol. The van der Waals surface area contributed by atoms with Gasteiger partial charge in [0.2, 0.25) is 0 Å². The van der Waals surface area contributed by atoms with Gasteiger partial charge in [-0.1, -0.05) is 0 Å². The van der Waals surface area contributed by atoms with E-state index in [1.165, 1.54) is 0 Å². The highest BCUT2D eigenvalue weighted by Crippen LogP contribution is 2.17. The van der Waals surface area contributed by atoms with E-state index in [9.17, 15) is 4.79 Å². The highest BCUT2D eigenvalue weighted by molar-refractivity contribution is 5.74. The van der Waals surface area contributed by atoms with Crippen LogP contribution in [0.15, 0.2) is 24.3 Å². The molecule has 23 heavy (non-hydrogen) atoms. The number of hydrogen-bond donors (Lipinski definition) is 2. The van der Waals surface area contributed by atoms with Crippen molar-refractivity contribution in [3.8, 4) is 11.5 Å². The van der Waals surface area contributed by atoms with Crippen LogP contribution in [0.1, 0.15) is 6.92 Å². The molecule has 2 amide bonds. The van der Waals surface area contributed by atoms with Gasteiger partial charge in [0.15, 0.2) is 6.73 Å². The maximum atomic E-state index is 12.1. The van der Waals surface area contributed by atoms with Crippen LogP contribution in [0.3, 0.4) is 0 Å². The Morgan fingerprint density at radius 1 is 1.13 bits per heavy atom. The fourth-order valence-electron chi connectivity index (χ4n) is 2.45. The van der Waals surface area contributed by atoms with Gasteiger partial charge in [-0.3, -0.25) is 4.90 Å². The van der Waals surface area contributed by atoms with Crippen molar-refractivity contribution in [2.24, 2.45) is 5.73 Å². The lowest BCUT2D eigenvalue weighted by atomic mass is 10.3. The molecule has 0 aromatic heterocycles. The zero-order valence-corrected chi connectivity index (χ0v) is 13.7. The van der Waals surface area contributed by atoms with Gasteiger partial charge >= 0.3 is 6.03 Å². The monoisotopic (exact) mass is 322 g/mol. The van der Waals surface area contributed by atoms with Crippen LogP contribution in [-0.4, -0.2) is 68.4 Å². The van der Waals surface area contributed by atoms with Gasteiger partial charge in [-0.05, 0) is 31.2 Å². The molecule has 1 fully saturated rings. The largest absolute Gasteiger partial charge is 0.494 e. The maximum Gasteiger partial charge on any atom is 0.320 e. The molecule has 0 unspecified atom stereocenters. The molecule has 1 aliphatic heterocycles. The van der Waals surface area contributed by atoms with Gasteiger partial charge in [-0.25, -0.2) is 4.79 Å². The zero-order chi connectivity index (χ0) is 16.5. The summed E-state index contributed by atoms with van der Waals surface area (Å²) in [5.74, 6) is 1.50. The molecule has 0 spiro atoms. The Morgan fingerprint density at radius 2 is 1.74 bits per heavy atom. The number of ether oxygens (including phenoxy) is 2. The lowest BCUT2D eigenvalue weighted by Crippen LogP contribution is -2.52. The number of benzene rings is 1. The molecule has 7 nitrogen and oxygen atoms in total. The minimum Gasteiger partial charge on any atom is -0.494 e. The molecule has 1 aromatic carbocycles. The minimum atomic E-state index is -0.0941. The van der Waals surface area contributed by atoms with E-state index < -0.39 is 0 Å². The summed E-state index contributed by atoms with van der Waals surface area (Å²) in [7, 11) is 0. The molecule has 0 atom stereocenters. The van der Waals surface area contributed by atoms with Crippen molar-refractivity contribution in [1.82, 2.24) is 15.1 Å². The van der Waals surface area contributed by atoms with Crippen molar-refractivity contribution < 1.29 is 14.3 Å². The van der Waals surface area contributed by atoms with Crippen LogP contribution in [0.2, 0.25) is 0 Å². The lowest BCUT2D eigenvalue weighted by Gasteiger charge is -2.34. The summed E-state index contributed by atoms with van der Waals surface area (Å²) in [6.07, 6.45) is 0. The van der Waals surface area contributed by atoms with Gasteiger partial charge in [0, 0.05) is 39.3 Å². The van der Waals surface area contributed by atoms with Crippen LogP contribution < -0.4 is 20.5 Å². The second-order valence-corrected chi connectivity index (χ2v) is 5.29. The molecule has 1 heterocycles. The van der Waals surface area contributed by atoms with Crippen molar-refractivity contribution in [3.05, 3.63) is 24.3 Å². The molecule has 7 heteroatoms. The normalized spacial score (nSPS) is 15.3. The first kappa shape index (κ1) is 17.4. The van der Waals surface area contributed by atoms with Crippen molar-refractivity contribution >= 4 is 6.03 Å². The maximum absolute atomic E-state index is 12.1. The zero-order valence-electron chi connectivity index (χ0n) is 13.7. The van der Waals surface area contributed by atoms with E-state index in [0.29, 0.717) is 18.9 Å². The number of nitrogens with two attached hydrogens (primary N) is 1. The van der Waals surface area contributed by atoms with E-state index in [2.05, 4.69) is 10.2 Å². The molecule has 128 valence electrons. The highest BCUT2D eigenvalue weighted by atomic mass is 16.5. The number of hydrogen-bond acceptors (Lipinski definition) is 5. The first-order valence-electron chi connectivity index (χ1n) is 8.03. The fourth-order valence-corrected chi connectivity index (χ4v) is 2.45. The Hall–Kier alpha value is -1.99. The second-order valence-electron chi connectivity index (χ2n) is 5.29. The topological polar surface area (TPSA) is 80.1 Å². The third-order valence-electron chi connectivity index (χ3n) is 3.70. The van der Waals surface area contributed by atoms with Gasteiger partial charge in [-0.2, -0.15) is 0 Å². The lowest BCUT2D eigenvalue weighted by molar-refractivity contribution is 0.135. The summed E-state index contributed by atoms with van der Waals surface area (Å²) < 4.78 is 10.9. The molecule has 2 rings (SSSR count). The smallest absolute Gasteiger partial charge is 0.320 e. The highest BCUT2D eigenvalue weighted by Gasteiger charge is 2.20. The number of carbonyl (C=O) groups is 1. The first-order chi connectivity index (χ1) is 11.2. The predicted octanol–water partition coefficient (Wildman–Crippen LogP) is 0.708. The molecule has 0 aliphatic carbocycles. The molecule has 0 radical (unpaired) electrons. The predicted molar refractivity (Wildman–Crippen MR) is 88.7 cm³/mol. The number of amides is 2. The minimum absolute atomic E-state index is 0.0941. The van der Waals surface area contributed by atoms with Crippen molar-refractivity contribution in [2.75, 3.05) is 52.6 Å².